The molecule has 0 radical (unpaired) electrons. The molecule has 392 valence electrons. The Hall–Kier alpha value is -7.76. The highest BCUT2D eigenvalue weighted by atomic mass is 16.3. The van der Waals surface area contributed by atoms with E-state index in [1.807, 2.05) is 0 Å². The molecule has 0 fully saturated rings. The Bertz CT molecular complexity index is 4240. The molecule has 2 aliphatic heterocycles. The van der Waals surface area contributed by atoms with E-state index in [0.29, 0.717) is 0 Å². The van der Waals surface area contributed by atoms with E-state index in [2.05, 4.69) is 280 Å². The third-order valence-electron chi connectivity index (χ3n) is 18.5. The van der Waals surface area contributed by atoms with E-state index in [9.17, 15) is 0 Å². The fourth-order valence-electron chi connectivity index (χ4n) is 13.8. The number of rotatable bonds is 5. The van der Waals surface area contributed by atoms with Gasteiger partial charge in [-0.3, -0.25) is 0 Å². The van der Waals surface area contributed by atoms with Crippen molar-refractivity contribution in [1.29, 1.82) is 0 Å². The molecule has 0 atom stereocenters. The van der Waals surface area contributed by atoms with Gasteiger partial charge in [-0.05, 0) is 168 Å². The molecule has 0 unspecified atom stereocenters. The lowest BCUT2D eigenvalue weighted by molar-refractivity contribution is 0.332. The lowest BCUT2D eigenvalue weighted by atomic mass is 9.47. The van der Waals surface area contributed by atoms with Crippen LogP contribution in [-0.4, -0.2) is 11.3 Å². The lowest BCUT2D eigenvalue weighted by Crippen LogP contribution is -2.56. The predicted molar refractivity (Wildman–Crippen MR) is 339 cm³/mol. The molecule has 2 aromatic heterocycles. The summed E-state index contributed by atoms with van der Waals surface area (Å²) in [6.07, 6.45) is 2.24. The highest BCUT2D eigenvalue weighted by Crippen LogP contribution is 2.55. The van der Waals surface area contributed by atoms with Crippen LogP contribution >= 0.6 is 0 Å². The molecule has 0 spiro atoms. The zero-order chi connectivity index (χ0) is 54.9. The van der Waals surface area contributed by atoms with Crippen molar-refractivity contribution in [3.63, 3.8) is 0 Å². The van der Waals surface area contributed by atoms with Crippen molar-refractivity contribution in [2.24, 2.45) is 0 Å². The number of hydrogen-bond donors (Lipinski definition) is 0. The molecule has 11 aromatic rings. The van der Waals surface area contributed by atoms with Gasteiger partial charge in [0.1, 0.15) is 11.2 Å². The minimum Gasteiger partial charge on any atom is -0.466 e. The van der Waals surface area contributed by atoms with Crippen LogP contribution < -0.4 is 20.9 Å². The minimum absolute atomic E-state index is 0.000493. The van der Waals surface area contributed by atoms with Crippen molar-refractivity contribution in [1.82, 2.24) is 4.48 Å². The van der Waals surface area contributed by atoms with Gasteiger partial charge in [-0.25, -0.2) is 0 Å². The van der Waals surface area contributed by atoms with Crippen LogP contribution in [-0.2, 0) is 27.1 Å². The molecule has 3 aliphatic rings. The third-order valence-corrected chi connectivity index (χ3v) is 18.5. The molecule has 79 heavy (non-hydrogen) atoms. The minimum atomic E-state index is -0.286. The summed E-state index contributed by atoms with van der Waals surface area (Å²) in [6, 6.07) is 67.7. The molecule has 1 aliphatic carbocycles. The zero-order valence-electron chi connectivity index (χ0n) is 48.5. The molecule has 4 nitrogen and oxygen atoms in total. The first-order valence-corrected chi connectivity index (χ1v) is 28.8. The number of anilines is 6. The number of benzene rings is 9. The van der Waals surface area contributed by atoms with Crippen molar-refractivity contribution in [3.8, 4) is 22.3 Å². The maximum Gasteiger partial charge on any atom is 0.375 e. The van der Waals surface area contributed by atoms with Crippen LogP contribution in [0.15, 0.2) is 180 Å². The fourth-order valence-corrected chi connectivity index (χ4v) is 13.8. The van der Waals surface area contributed by atoms with E-state index >= 15 is 0 Å². The topological polar surface area (TPSA) is 24.6 Å². The number of aromatic nitrogens is 1. The standard InChI is InChI=1S/C74H72BN3O/c1-70(2,3)48-26-31-51(32-27-48)76(52-33-28-49(29-34-52)71(4,5)6)53-41-58-55-25-19-24-54-57-38-46-22-17-18-23-47(46)39-63(57)78(67(54)55)75-66(58)64(42-53)77(62-35-30-50(72(7,8)9)40-56(62)45-20-15-14-16-21-45)68-59-43-60-61(44-65(59)79-69(68)75)74(12,13)37-36-73(60,10)11/h14-35,38-44H,36-37H2,1-13H3. The summed E-state index contributed by atoms with van der Waals surface area (Å²) >= 11 is 0. The smallest absolute Gasteiger partial charge is 0.375 e. The summed E-state index contributed by atoms with van der Waals surface area (Å²) in [5, 5.41) is 6.14. The Morgan fingerprint density at radius 1 is 0.468 bits per heavy atom. The molecule has 14 rings (SSSR count). The molecule has 5 heteroatoms. The van der Waals surface area contributed by atoms with E-state index in [4.69, 9.17) is 4.42 Å². The van der Waals surface area contributed by atoms with Gasteiger partial charge in [0.2, 0.25) is 0 Å². The second-order valence-electron chi connectivity index (χ2n) is 27.7. The SMILES string of the molecule is CC(C)(C)c1ccc(N(c2ccc(C(C)(C)C)cc2)c2cc3c4c(c2)N(c2ccc(C(C)(C)C)cc2-c2ccccc2)c2c(oc5cc6c(cc25)C(C)(C)CCC6(C)C)B4n2c4cc5ccccc5cc4c4cccc-3c42)cc1. The van der Waals surface area contributed by atoms with Gasteiger partial charge in [0.15, 0.2) is 0 Å². The number of fused-ring (bicyclic) bond motifs is 11. The number of hydrogen-bond acceptors (Lipinski definition) is 3. The molecule has 4 heterocycles. The van der Waals surface area contributed by atoms with Gasteiger partial charge in [-0.15, -0.1) is 0 Å². The first-order chi connectivity index (χ1) is 37.5. The van der Waals surface area contributed by atoms with Crippen molar-refractivity contribution >= 4 is 95.6 Å². The van der Waals surface area contributed by atoms with Crippen molar-refractivity contribution in [2.75, 3.05) is 9.80 Å². The second kappa shape index (κ2) is 16.9. The summed E-state index contributed by atoms with van der Waals surface area (Å²) in [5.41, 5.74) is 23.8. The van der Waals surface area contributed by atoms with Crippen LogP contribution in [0.5, 0.6) is 0 Å². The molecule has 0 bridgehead atoms. The summed E-state index contributed by atoms with van der Waals surface area (Å²) in [6.45, 7) is 30.3. The third kappa shape index (κ3) is 7.62. The Morgan fingerprint density at radius 3 is 1.67 bits per heavy atom. The second-order valence-corrected chi connectivity index (χ2v) is 27.7. The van der Waals surface area contributed by atoms with E-state index in [1.165, 1.54) is 88.1 Å². The van der Waals surface area contributed by atoms with Crippen LogP contribution in [0, 0.1) is 0 Å². The predicted octanol–water partition coefficient (Wildman–Crippen LogP) is 19.5. The van der Waals surface area contributed by atoms with Gasteiger partial charge in [0.25, 0.3) is 0 Å². The largest absolute Gasteiger partial charge is 0.466 e. The van der Waals surface area contributed by atoms with Crippen LogP contribution in [0.1, 0.15) is 131 Å². The number of nitrogens with zero attached hydrogens (tertiary/aromatic N) is 3. The van der Waals surface area contributed by atoms with Crippen molar-refractivity contribution < 1.29 is 4.42 Å². The Balaban J connectivity index is 1.16. The Kier molecular flexibility index (Phi) is 10.6. The van der Waals surface area contributed by atoms with Gasteiger partial charge in [-0.2, -0.15) is 0 Å². The molecule has 0 saturated carbocycles. The van der Waals surface area contributed by atoms with E-state index in [0.717, 1.165) is 63.6 Å². The monoisotopic (exact) mass is 1030 g/mol. The molecular weight excluding hydrogens is 958 g/mol. The van der Waals surface area contributed by atoms with Gasteiger partial charge in [0, 0.05) is 61.1 Å². The van der Waals surface area contributed by atoms with E-state index in [-0.39, 0.29) is 33.9 Å². The highest BCUT2D eigenvalue weighted by molar-refractivity contribution is 6.89. The highest BCUT2D eigenvalue weighted by Gasteiger charge is 2.48. The lowest BCUT2D eigenvalue weighted by Gasteiger charge is -2.42. The number of furan rings is 1. The molecule has 0 amide bonds. The number of para-hydroxylation sites is 1. The summed E-state index contributed by atoms with van der Waals surface area (Å²) in [7, 11) is 0. The Morgan fingerprint density at radius 2 is 1.05 bits per heavy atom. The molecule has 0 N–H and O–H groups in total. The van der Waals surface area contributed by atoms with E-state index in [1.54, 1.807) is 0 Å². The van der Waals surface area contributed by atoms with Crippen LogP contribution in [0.3, 0.4) is 0 Å². The van der Waals surface area contributed by atoms with Crippen LogP contribution in [0.2, 0.25) is 0 Å². The van der Waals surface area contributed by atoms with Crippen LogP contribution in [0.25, 0.3) is 65.8 Å². The Labute approximate surface area is 467 Å². The van der Waals surface area contributed by atoms with Crippen molar-refractivity contribution in [3.05, 3.63) is 204 Å². The maximum atomic E-state index is 7.82. The normalized spacial score (nSPS) is 15.5. The zero-order valence-corrected chi connectivity index (χ0v) is 48.5. The summed E-state index contributed by atoms with van der Waals surface area (Å²) < 4.78 is 10.5. The fraction of sp³-hybridized carbons (Fsp3) is 0.270. The molecule has 0 saturated heterocycles. The molecule has 9 aromatic carbocycles. The quantitative estimate of drug-likeness (QED) is 0.161. The maximum absolute atomic E-state index is 7.82. The van der Waals surface area contributed by atoms with Crippen molar-refractivity contribution in [2.45, 2.75) is 130 Å². The van der Waals surface area contributed by atoms with Gasteiger partial charge >= 0.3 is 6.85 Å². The van der Waals surface area contributed by atoms with Gasteiger partial charge < -0.3 is 18.7 Å². The van der Waals surface area contributed by atoms with Crippen LogP contribution in [0.4, 0.5) is 34.1 Å². The van der Waals surface area contributed by atoms with Gasteiger partial charge in [0.05, 0.1) is 11.4 Å². The summed E-state index contributed by atoms with van der Waals surface area (Å²) in [4.78, 5) is 5.14. The summed E-state index contributed by atoms with van der Waals surface area (Å²) in [5.74, 6) is 0. The first kappa shape index (κ1) is 49.5. The average Bonchev–Trinajstić information content (AvgIpc) is 2.60. The van der Waals surface area contributed by atoms with E-state index < -0.39 is 0 Å². The van der Waals surface area contributed by atoms with Gasteiger partial charge in [-0.1, -0.05) is 193 Å². The molecular formula is C74H72BN3O. The first-order valence-electron chi connectivity index (χ1n) is 28.8. The average molecular weight is 1030 g/mol.